The molecule has 5 rings (SSSR count). The zero-order chi connectivity index (χ0) is 31.8. The van der Waals surface area contributed by atoms with Crippen molar-refractivity contribution in [2.45, 2.75) is 45.3 Å². The first-order valence-corrected chi connectivity index (χ1v) is 15.3. The van der Waals surface area contributed by atoms with E-state index in [9.17, 15) is 14.4 Å². The van der Waals surface area contributed by atoms with E-state index < -0.39 is 11.6 Å². The minimum Gasteiger partial charge on any atom is -0.383 e. The summed E-state index contributed by atoms with van der Waals surface area (Å²) in [7, 11) is 1.53. The predicted octanol–water partition coefficient (Wildman–Crippen LogP) is 4.98. The molecule has 45 heavy (non-hydrogen) atoms. The molecule has 1 atom stereocenters. The van der Waals surface area contributed by atoms with Crippen molar-refractivity contribution in [3.05, 3.63) is 98.7 Å². The number of nitriles is 1. The Balaban J connectivity index is 1.32. The molecular formula is C34H39N7O4. The van der Waals surface area contributed by atoms with Crippen LogP contribution >= 0.6 is 0 Å². The smallest absolute Gasteiger partial charge is 0.331 e. The van der Waals surface area contributed by atoms with Gasteiger partial charge in [-0.1, -0.05) is 18.6 Å². The topological polar surface area (TPSA) is 133 Å². The fourth-order valence-corrected chi connectivity index (χ4v) is 5.68. The zero-order valence-electron chi connectivity index (χ0n) is 25.7. The van der Waals surface area contributed by atoms with E-state index in [1.54, 1.807) is 41.0 Å². The summed E-state index contributed by atoms with van der Waals surface area (Å²) < 4.78 is 8.03. The van der Waals surface area contributed by atoms with E-state index in [2.05, 4.69) is 26.9 Å². The number of hydrogen-bond acceptors (Lipinski definition) is 7. The van der Waals surface area contributed by atoms with Crippen LogP contribution in [0.15, 0.2) is 76.3 Å². The van der Waals surface area contributed by atoms with Crippen molar-refractivity contribution >= 4 is 34.0 Å². The average Bonchev–Trinajstić information content (AvgIpc) is 3.05. The van der Waals surface area contributed by atoms with E-state index in [4.69, 9.17) is 10.00 Å². The maximum atomic E-state index is 13.4. The van der Waals surface area contributed by atoms with Gasteiger partial charge in [0.1, 0.15) is 0 Å². The van der Waals surface area contributed by atoms with Gasteiger partial charge < -0.3 is 25.6 Å². The van der Waals surface area contributed by atoms with Crippen LogP contribution in [0.1, 0.15) is 43.4 Å². The molecule has 1 aliphatic heterocycles. The zero-order valence-corrected chi connectivity index (χ0v) is 25.7. The molecule has 0 spiro atoms. The Hall–Kier alpha value is -4.92. The van der Waals surface area contributed by atoms with Gasteiger partial charge in [0.2, 0.25) is 0 Å². The fourth-order valence-electron chi connectivity index (χ4n) is 5.68. The van der Waals surface area contributed by atoms with Gasteiger partial charge in [0.05, 0.1) is 35.7 Å². The van der Waals surface area contributed by atoms with Crippen molar-refractivity contribution < 1.29 is 9.53 Å². The van der Waals surface area contributed by atoms with Gasteiger partial charge in [-0.2, -0.15) is 5.26 Å². The lowest BCUT2D eigenvalue weighted by Gasteiger charge is -2.27. The molecule has 234 valence electrons. The van der Waals surface area contributed by atoms with Gasteiger partial charge in [-0.05, 0) is 93.0 Å². The second-order valence-electron chi connectivity index (χ2n) is 11.3. The number of carbonyl (C=O) groups excluding carboxylic acids is 1. The molecule has 2 amide bonds. The summed E-state index contributed by atoms with van der Waals surface area (Å²) >= 11 is 0. The molecule has 1 saturated heterocycles. The third-order valence-corrected chi connectivity index (χ3v) is 8.13. The first-order valence-electron chi connectivity index (χ1n) is 15.3. The van der Waals surface area contributed by atoms with Crippen molar-refractivity contribution in [2.24, 2.45) is 0 Å². The molecular weight excluding hydrogens is 570 g/mol. The van der Waals surface area contributed by atoms with Crippen LogP contribution in [0.5, 0.6) is 0 Å². The largest absolute Gasteiger partial charge is 0.383 e. The molecule has 3 N–H and O–H groups in total. The van der Waals surface area contributed by atoms with Gasteiger partial charge in [-0.25, -0.2) is 9.59 Å². The van der Waals surface area contributed by atoms with E-state index in [0.29, 0.717) is 34.4 Å². The molecule has 11 nitrogen and oxygen atoms in total. The van der Waals surface area contributed by atoms with Gasteiger partial charge in [0, 0.05) is 43.3 Å². The number of carbonyl (C=O) groups is 1. The molecule has 0 radical (unpaired) electrons. The number of rotatable bonds is 11. The highest BCUT2D eigenvalue weighted by atomic mass is 16.5. The maximum absolute atomic E-state index is 13.4. The van der Waals surface area contributed by atoms with E-state index >= 15 is 0 Å². The fraction of sp³-hybridized carbons (Fsp3) is 0.353. The summed E-state index contributed by atoms with van der Waals surface area (Å²) in [6.07, 6.45) is 3.53. The van der Waals surface area contributed by atoms with Crippen LogP contribution < -0.4 is 27.2 Å². The summed E-state index contributed by atoms with van der Waals surface area (Å²) in [5.41, 5.74) is 3.24. The number of ether oxygens (including phenoxy) is 1. The van der Waals surface area contributed by atoms with Gasteiger partial charge >= 0.3 is 11.7 Å². The quantitative estimate of drug-likeness (QED) is 0.218. The van der Waals surface area contributed by atoms with Crippen LogP contribution in [0.2, 0.25) is 0 Å². The minimum absolute atomic E-state index is 0.0592. The SMILES string of the molecule is COCCn1c(=O)c2cc(NC(=O)Nc3cccc(C(C)Nc4ccc(C#N)cc4)c3)ccc2n(CCN2CCCCC2)c1=O. The molecule has 11 heteroatoms. The van der Waals surface area contributed by atoms with Crippen molar-refractivity contribution in [1.29, 1.82) is 5.26 Å². The number of methoxy groups -OCH3 is 1. The second-order valence-corrected chi connectivity index (χ2v) is 11.3. The number of nitrogens with one attached hydrogen (secondary N) is 3. The normalized spacial score (nSPS) is 14.1. The van der Waals surface area contributed by atoms with Crippen LogP contribution in [-0.2, 0) is 17.8 Å². The van der Waals surface area contributed by atoms with Crippen LogP contribution in [0, 0.1) is 11.3 Å². The molecule has 1 aromatic heterocycles. The molecule has 0 bridgehead atoms. The number of urea groups is 1. The Bertz CT molecular complexity index is 1800. The van der Waals surface area contributed by atoms with Crippen molar-refractivity contribution in [2.75, 3.05) is 49.3 Å². The lowest BCUT2D eigenvalue weighted by atomic mass is 10.1. The lowest BCUT2D eigenvalue weighted by molar-refractivity contribution is 0.183. The van der Waals surface area contributed by atoms with Crippen molar-refractivity contribution in [1.82, 2.24) is 14.0 Å². The van der Waals surface area contributed by atoms with Crippen molar-refractivity contribution in [3.8, 4) is 6.07 Å². The third kappa shape index (κ3) is 7.78. The third-order valence-electron chi connectivity index (χ3n) is 8.13. The van der Waals surface area contributed by atoms with Gasteiger partial charge in [-0.3, -0.25) is 13.9 Å². The van der Waals surface area contributed by atoms with E-state index in [1.165, 1.54) is 18.1 Å². The molecule has 1 aliphatic rings. The number of hydrogen-bond donors (Lipinski definition) is 3. The standard InChI is InChI=1S/C34H39N7O4/c1-24(36-27-11-9-25(23-35)10-12-27)26-7-6-8-28(21-26)37-33(43)38-29-13-14-31-30(22-29)32(42)41(19-20-45-2)34(44)40(31)18-17-39-15-4-3-5-16-39/h6-14,21-22,24,36H,3-5,15-20H2,1-2H3,(H2,37,38,43). The molecule has 2 heterocycles. The molecule has 1 fully saturated rings. The van der Waals surface area contributed by atoms with Crippen LogP contribution in [-0.4, -0.2) is 53.4 Å². The van der Waals surface area contributed by atoms with Gasteiger partial charge in [-0.15, -0.1) is 0 Å². The molecule has 1 unspecified atom stereocenters. The Labute approximate surface area is 262 Å². The Morgan fingerprint density at radius 1 is 0.889 bits per heavy atom. The first kappa shape index (κ1) is 31.5. The monoisotopic (exact) mass is 609 g/mol. The van der Waals surface area contributed by atoms with Gasteiger partial charge in [0.25, 0.3) is 5.56 Å². The number of amides is 2. The number of anilines is 3. The summed E-state index contributed by atoms with van der Waals surface area (Å²) in [6, 6.07) is 21.4. The van der Waals surface area contributed by atoms with Crippen LogP contribution in [0.3, 0.4) is 0 Å². The number of benzene rings is 3. The number of aromatic nitrogens is 2. The summed E-state index contributed by atoms with van der Waals surface area (Å²) in [6.45, 7) is 5.58. The number of nitrogens with zero attached hydrogens (tertiary/aromatic N) is 4. The predicted molar refractivity (Wildman–Crippen MR) is 177 cm³/mol. The highest BCUT2D eigenvalue weighted by Crippen LogP contribution is 2.23. The summed E-state index contributed by atoms with van der Waals surface area (Å²) in [5.74, 6) is 0. The van der Waals surface area contributed by atoms with Gasteiger partial charge in [0.15, 0.2) is 0 Å². The van der Waals surface area contributed by atoms with Crippen LogP contribution in [0.4, 0.5) is 21.9 Å². The van der Waals surface area contributed by atoms with Crippen LogP contribution in [0.25, 0.3) is 10.9 Å². The summed E-state index contributed by atoms with van der Waals surface area (Å²) in [5, 5.41) is 18.5. The molecule has 4 aromatic rings. The minimum atomic E-state index is -0.461. The Morgan fingerprint density at radius 2 is 1.60 bits per heavy atom. The average molecular weight is 610 g/mol. The molecule has 3 aromatic carbocycles. The highest BCUT2D eigenvalue weighted by Gasteiger charge is 2.17. The number of piperidine rings is 1. The molecule has 0 saturated carbocycles. The summed E-state index contributed by atoms with van der Waals surface area (Å²) in [4.78, 5) is 42.2. The lowest BCUT2D eigenvalue weighted by Crippen LogP contribution is -2.43. The first-order chi connectivity index (χ1) is 21.9. The Kier molecular flexibility index (Phi) is 10.3. The maximum Gasteiger partial charge on any atom is 0.331 e. The molecule has 0 aliphatic carbocycles. The second kappa shape index (κ2) is 14.7. The Morgan fingerprint density at radius 3 is 2.31 bits per heavy atom. The van der Waals surface area contributed by atoms with E-state index in [-0.39, 0.29) is 24.9 Å². The van der Waals surface area contributed by atoms with Crippen molar-refractivity contribution in [3.63, 3.8) is 0 Å². The van der Waals surface area contributed by atoms with E-state index in [1.807, 2.05) is 37.3 Å². The number of fused-ring (bicyclic) bond motifs is 1. The number of likely N-dealkylation sites (tertiary alicyclic amines) is 1. The highest BCUT2D eigenvalue weighted by molar-refractivity contribution is 6.01. The van der Waals surface area contributed by atoms with E-state index in [0.717, 1.165) is 43.7 Å².